The smallest absolute Gasteiger partial charge is 0.293 e. The number of anilines is 2. The lowest BCUT2D eigenvalue weighted by molar-refractivity contribution is 0.0950. The van der Waals surface area contributed by atoms with Crippen LogP contribution in [0.25, 0.3) is 11.3 Å². The van der Waals surface area contributed by atoms with Crippen LogP contribution < -0.4 is 16.0 Å². The molecule has 0 aliphatic carbocycles. The van der Waals surface area contributed by atoms with Crippen LogP contribution in [0.15, 0.2) is 76.5 Å². The van der Waals surface area contributed by atoms with Crippen molar-refractivity contribution < 1.29 is 14.0 Å². The molecule has 0 bridgehead atoms. The highest BCUT2D eigenvalue weighted by atomic mass is 32.1. The SMILES string of the molecule is Cc1ccc(-c2ccc(C(=O)NC(=S)Nc3cccc(NC(=O)c4cccs4)c3)o2)cc1C. The highest BCUT2D eigenvalue weighted by Crippen LogP contribution is 2.24. The third-order valence-electron chi connectivity index (χ3n) is 4.97. The summed E-state index contributed by atoms with van der Waals surface area (Å²) in [6.45, 7) is 4.07. The number of nitrogens with one attached hydrogen (secondary N) is 3. The fraction of sp³-hybridized carbons (Fsp3) is 0.0800. The number of aryl methyl sites for hydroxylation is 2. The van der Waals surface area contributed by atoms with Crippen LogP contribution >= 0.6 is 23.6 Å². The molecule has 2 heterocycles. The van der Waals surface area contributed by atoms with E-state index in [1.807, 2.05) is 43.5 Å². The standard InChI is InChI=1S/C25H21N3O3S2/c1-15-8-9-17(13-16(15)2)20-10-11-21(31-20)23(29)28-25(32)27-19-6-3-5-18(14-19)26-24(30)22-7-4-12-33-22/h3-14H,1-2H3,(H,26,30)(H2,27,28,29,32). The first-order valence-electron chi connectivity index (χ1n) is 10.1. The van der Waals surface area contributed by atoms with Crippen LogP contribution in [-0.4, -0.2) is 16.9 Å². The minimum atomic E-state index is -0.454. The minimum Gasteiger partial charge on any atom is -0.451 e. The van der Waals surface area contributed by atoms with Gasteiger partial charge in [-0.3, -0.25) is 14.9 Å². The van der Waals surface area contributed by atoms with E-state index < -0.39 is 5.91 Å². The third kappa shape index (κ3) is 5.54. The van der Waals surface area contributed by atoms with Gasteiger partial charge in [0.1, 0.15) is 5.76 Å². The van der Waals surface area contributed by atoms with Crippen molar-refractivity contribution in [2.75, 3.05) is 10.6 Å². The first kappa shape index (κ1) is 22.4. The van der Waals surface area contributed by atoms with Gasteiger partial charge in [0.25, 0.3) is 11.8 Å². The first-order valence-corrected chi connectivity index (χ1v) is 11.4. The Labute approximate surface area is 200 Å². The van der Waals surface area contributed by atoms with Crippen molar-refractivity contribution in [3.63, 3.8) is 0 Å². The number of amides is 2. The molecule has 0 fully saturated rings. The van der Waals surface area contributed by atoms with Crippen LogP contribution in [-0.2, 0) is 0 Å². The molecule has 0 aliphatic rings. The summed E-state index contributed by atoms with van der Waals surface area (Å²) in [5.74, 6) is 0.126. The largest absolute Gasteiger partial charge is 0.451 e. The fourth-order valence-corrected chi connectivity index (χ4v) is 3.94. The van der Waals surface area contributed by atoms with Crippen LogP contribution in [0.1, 0.15) is 31.4 Å². The highest BCUT2D eigenvalue weighted by Gasteiger charge is 2.14. The minimum absolute atomic E-state index is 0.117. The molecule has 2 aromatic heterocycles. The summed E-state index contributed by atoms with van der Waals surface area (Å²) < 4.78 is 5.73. The molecule has 0 saturated carbocycles. The van der Waals surface area contributed by atoms with Crippen molar-refractivity contribution in [2.45, 2.75) is 13.8 Å². The average molecular weight is 476 g/mol. The quantitative estimate of drug-likeness (QED) is 0.308. The normalized spacial score (nSPS) is 10.5. The van der Waals surface area contributed by atoms with E-state index in [1.165, 1.54) is 16.9 Å². The van der Waals surface area contributed by atoms with E-state index in [-0.39, 0.29) is 16.8 Å². The van der Waals surface area contributed by atoms with Crippen molar-refractivity contribution in [1.82, 2.24) is 5.32 Å². The van der Waals surface area contributed by atoms with Gasteiger partial charge in [-0.25, -0.2) is 0 Å². The summed E-state index contributed by atoms with van der Waals surface area (Å²) >= 11 is 6.64. The van der Waals surface area contributed by atoms with Gasteiger partial charge in [-0.2, -0.15) is 0 Å². The van der Waals surface area contributed by atoms with Crippen LogP contribution in [0.3, 0.4) is 0 Å². The van der Waals surface area contributed by atoms with E-state index in [1.54, 1.807) is 42.5 Å². The third-order valence-corrected chi connectivity index (χ3v) is 6.04. The van der Waals surface area contributed by atoms with Crippen LogP contribution in [0.5, 0.6) is 0 Å². The molecule has 0 aliphatic heterocycles. The number of rotatable bonds is 5. The molecule has 166 valence electrons. The fourth-order valence-electron chi connectivity index (χ4n) is 3.11. The van der Waals surface area contributed by atoms with Crippen molar-refractivity contribution in [3.8, 4) is 11.3 Å². The molecule has 4 aromatic rings. The number of hydrogen-bond donors (Lipinski definition) is 3. The van der Waals surface area contributed by atoms with Crippen molar-refractivity contribution in [2.24, 2.45) is 0 Å². The Kier molecular flexibility index (Phi) is 6.67. The molecule has 0 atom stereocenters. The molecule has 33 heavy (non-hydrogen) atoms. The number of thiocarbonyl (C=S) groups is 1. The maximum Gasteiger partial charge on any atom is 0.293 e. The Balaban J connectivity index is 1.37. The van der Waals surface area contributed by atoms with Crippen molar-refractivity contribution in [3.05, 3.63) is 93.9 Å². The predicted octanol–water partition coefficient (Wildman–Crippen LogP) is 6.00. The molecule has 0 radical (unpaired) electrons. The molecule has 0 unspecified atom stereocenters. The second-order valence-electron chi connectivity index (χ2n) is 7.38. The number of hydrogen-bond acceptors (Lipinski definition) is 5. The van der Waals surface area contributed by atoms with Gasteiger partial charge < -0.3 is 15.1 Å². The number of thiophene rings is 1. The van der Waals surface area contributed by atoms with Crippen LogP contribution in [0, 0.1) is 13.8 Å². The Morgan fingerprint density at radius 2 is 1.64 bits per heavy atom. The van der Waals surface area contributed by atoms with Crippen molar-refractivity contribution in [1.29, 1.82) is 0 Å². The van der Waals surface area contributed by atoms with E-state index in [0.717, 1.165) is 11.1 Å². The number of carbonyl (C=O) groups excluding carboxylic acids is 2. The monoisotopic (exact) mass is 475 g/mol. The molecule has 4 rings (SSSR count). The second-order valence-corrected chi connectivity index (χ2v) is 8.74. The molecule has 8 heteroatoms. The summed E-state index contributed by atoms with van der Waals surface area (Å²) in [7, 11) is 0. The highest BCUT2D eigenvalue weighted by molar-refractivity contribution is 7.80. The molecular weight excluding hydrogens is 454 g/mol. The van der Waals surface area contributed by atoms with E-state index in [0.29, 0.717) is 22.0 Å². The molecule has 0 saturated heterocycles. The molecule has 2 aromatic carbocycles. The Morgan fingerprint density at radius 3 is 2.36 bits per heavy atom. The van der Waals surface area contributed by atoms with E-state index in [4.69, 9.17) is 16.6 Å². The zero-order chi connectivity index (χ0) is 23.4. The number of carbonyl (C=O) groups is 2. The summed E-state index contributed by atoms with van der Waals surface area (Å²) in [6, 6.07) is 20.0. The van der Waals surface area contributed by atoms with Crippen LogP contribution in [0.4, 0.5) is 11.4 Å². The van der Waals surface area contributed by atoms with Gasteiger partial charge in [0, 0.05) is 16.9 Å². The van der Waals surface area contributed by atoms with Gasteiger partial charge >= 0.3 is 0 Å². The topological polar surface area (TPSA) is 83.4 Å². The predicted molar refractivity (Wildman–Crippen MR) is 136 cm³/mol. The van der Waals surface area contributed by atoms with Gasteiger partial charge in [0.2, 0.25) is 0 Å². The first-order chi connectivity index (χ1) is 15.9. The zero-order valence-electron chi connectivity index (χ0n) is 18.0. The van der Waals surface area contributed by atoms with Gasteiger partial charge in [0.05, 0.1) is 4.88 Å². The Morgan fingerprint density at radius 1 is 0.848 bits per heavy atom. The lowest BCUT2D eigenvalue weighted by Crippen LogP contribution is -2.33. The zero-order valence-corrected chi connectivity index (χ0v) is 19.6. The lowest BCUT2D eigenvalue weighted by Gasteiger charge is -2.10. The van der Waals surface area contributed by atoms with Crippen LogP contribution in [0.2, 0.25) is 0 Å². The van der Waals surface area contributed by atoms with E-state index in [9.17, 15) is 9.59 Å². The summed E-state index contributed by atoms with van der Waals surface area (Å²) in [5, 5.41) is 10.4. The van der Waals surface area contributed by atoms with E-state index in [2.05, 4.69) is 16.0 Å². The molecule has 2 amide bonds. The summed E-state index contributed by atoms with van der Waals surface area (Å²) in [5.41, 5.74) is 4.47. The second kappa shape index (κ2) is 9.81. The maximum atomic E-state index is 12.6. The molecule has 3 N–H and O–H groups in total. The Hall–Kier alpha value is -3.75. The Bertz CT molecular complexity index is 1330. The summed E-state index contributed by atoms with van der Waals surface area (Å²) in [4.78, 5) is 25.4. The molecule has 0 spiro atoms. The van der Waals surface area contributed by atoms with E-state index >= 15 is 0 Å². The van der Waals surface area contributed by atoms with Gasteiger partial charge in [-0.05, 0) is 85.0 Å². The summed E-state index contributed by atoms with van der Waals surface area (Å²) in [6.07, 6.45) is 0. The molecular formula is C25H21N3O3S2. The van der Waals surface area contributed by atoms with Gasteiger partial charge in [-0.1, -0.05) is 24.3 Å². The number of benzene rings is 2. The van der Waals surface area contributed by atoms with Gasteiger partial charge in [-0.15, -0.1) is 11.3 Å². The lowest BCUT2D eigenvalue weighted by atomic mass is 10.1. The van der Waals surface area contributed by atoms with Gasteiger partial charge in [0.15, 0.2) is 10.9 Å². The molecule has 6 nitrogen and oxygen atoms in total. The maximum absolute atomic E-state index is 12.6. The average Bonchev–Trinajstić information content (AvgIpc) is 3.48. The number of furan rings is 1. The van der Waals surface area contributed by atoms with Crippen molar-refractivity contribution >= 4 is 51.9 Å².